The van der Waals surface area contributed by atoms with Crippen LogP contribution in [0.5, 0.6) is 0 Å². The molecule has 0 unspecified atom stereocenters. The lowest BCUT2D eigenvalue weighted by molar-refractivity contribution is 0.102. The molecular weight excluding hydrogens is 456 g/mol. The van der Waals surface area contributed by atoms with Gasteiger partial charge in [-0.05, 0) is 55.2 Å². The fourth-order valence-corrected chi connectivity index (χ4v) is 4.82. The fraction of sp³-hybridized carbons (Fsp3) is 0.143. The van der Waals surface area contributed by atoms with E-state index in [1.54, 1.807) is 24.3 Å². The van der Waals surface area contributed by atoms with E-state index < -0.39 is 5.91 Å². The summed E-state index contributed by atoms with van der Waals surface area (Å²) in [6.45, 7) is 6.51. The number of nitrogens with one attached hydrogen (secondary N) is 1. The molecule has 5 rings (SSSR count). The van der Waals surface area contributed by atoms with Gasteiger partial charge in [0.15, 0.2) is 10.8 Å². The summed E-state index contributed by atoms with van der Waals surface area (Å²) >= 11 is 1.36. The SMILES string of the molecule is Cc1cc(C)c(-c2csc(NC(=O)c3nn(Cc4ccccc4)c(=O)c4ccccc34)n2)cc1C. The average molecular weight is 481 g/mol. The van der Waals surface area contributed by atoms with Gasteiger partial charge in [-0.2, -0.15) is 5.10 Å². The van der Waals surface area contributed by atoms with Crippen molar-refractivity contribution in [2.75, 3.05) is 5.32 Å². The molecule has 0 fully saturated rings. The summed E-state index contributed by atoms with van der Waals surface area (Å²) in [6, 6.07) is 20.9. The molecule has 5 aromatic rings. The Morgan fingerprint density at radius 2 is 1.60 bits per heavy atom. The molecule has 35 heavy (non-hydrogen) atoms. The molecule has 0 atom stereocenters. The van der Waals surface area contributed by atoms with Crippen LogP contribution in [0, 0.1) is 20.8 Å². The largest absolute Gasteiger partial charge is 0.296 e. The number of carbonyl (C=O) groups excluding carboxylic acids is 1. The van der Waals surface area contributed by atoms with Gasteiger partial charge in [-0.15, -0.1) is 11.3 Å². The number of anilines is 1. The van der Waals surface area contributed by atoms with E-state index in [2.05, 4.69) is 48.3 Å². The normalized spacial score (nSPS) is 11.1. The second kappa shape index (κ2) is 9.27. The third-order valence-corrected chi connectivity index (χ3v) is 6.86. The molecule has 2 heterocycles. The maximum Gasteiger partial charge on any atom is 0.278 e. The minimum absolute atomic E-state index is 0.190. The molecule has 0 bridgehead atoms. The van der Waals surface area contributed by atoms with E-state index in [1.165, 1.54) is 27.1 Å². The van der Waals surface area contributed by atoms with Crippen molar-refractivity contribution < 1.29 is 4.79 Å². The molecule has 0 radical (unpaired) electrons. The highest BCUT2D eigenvalue weighted by atomic mass is 32.1. The van der Waals surface area contributed by atoms with Gasteiger partial charge in [0, 0.05) is 16.3 Å². The zero-order chi connectivity index (χ0) is 24.5. The molecule has 0 aliphatic heterocycles. The van der Waals surface area contributed by atoms with Crippen molar-refractivity contribution in [1.29, 1.82) is 0 Å². The van der Waals surface area contributed by atoms with Crippen molar-refractivity contribution >= 4 is 33.1 Å². The molecule has 7 heteroatoms. The number of hydrogen-bond acceptors (Lipinski definition) is 5. The molecular formula is C28H24N4O2S. The highest BCUT2D eigenvalue weighted by Gasteiger charge is 2.19. The van der Waals surface area contributed by atoms with Crippen LogP contribution in [0.15, 0.2) is 76.9 Å². The lowest BCUT2D eigenvalue weighted by atomic mass is 9.99. The first-order valence-electron chi connectivity index (χ1n) is 11.3. The van der Waals surface area contributed by atoms with Gasteiger partial charge in [-0.1, -0.05) is 54.6 Å². The highest BCUT2D eigenvalue weighted by molar-refractivity contribution is 7.14. The molecule has 0 aliphatic rings. The molecule has 1 N–H and O–H groups in total. The Labute approximate surface area is 206 Å². The number of thiazole rings is 1. The fourth-order valence-electron chi connectivity index (χ4n) is 4.11. The molecule has 0 saturated carbocycles. The second-order valence-electron chi connectivity index (χ2n) is 8.59. The molecule has 0 aliphatic carbocycles. The van der Waals surface area contributed by atoms with Crippen LogP contribution in [0.4, 0.5) is 5.13 Å². The smallest absolute Gasteiger partial charge is 0.278 e. The number of aromatic nitrogens is 3. The van der Waals surface area contributed by atoms with Crippen LogP contribution in [-0.4, -0.2) is 20.7 Å². The standard InChI is InChI=1S/C28H24N4O2S/c1-17-13-19(3)23(14-18(17)2)24-16-35-28(29-24)30-26(33)25-21-11-7-8-12-22(21)27(34)32(31-25)15-20-9-5-4-6-10-20/h4-14,16H,15H2,1-3H3,(H,29,30,33). The first-order valence-corrected chi connectivity index (χ1v) is 12.2. The van der Waals surface area contributed by atoms with Crippen LogP contribution in [0.3, 0.4) is 0 Å². The first-order chi connectivity index (χ1) is 16.9. The number of aryl methyl sites for hydroxylation is 3. The number of carbonyl (C=O) groups is 1. The van der Waals surface area contributed by atoms with Crippen molar-refractivity contribution in [1.82, 2.24) is 14.8 Å². The van der Waals surface area contributed by atoms with E-state index in [0.717, 1.165) is 22.4 Å². The van der Waals surface area contributed by atoms with Crippen molar-refractivity contribution in [3.8, 4) is 11.3 Å². The lowest BCUT2D eigenvalue weighted by Crippen LogP contribution is -2.28. The van der Waals surface area contributed by atoms with E-state index in [1.807, 2.05) is 35.7 Å². The molecule has 1 amide bonds. The Hall–Kier alpha value is -4.10. The van der Waals surface area contributed by atoms with Crippen LogP contribution in [0.25, 0.3) is 22.0 Å². The van der Waals surface area contributed by atoms with Gasteiger partial charge in [0.2, 0.25) is 0 Å². The van der Waals surface area contributed by atoms with Gasteiger partial charge < -0.3 is 0 Å². The topological polar surface area (TPSA) is 76.9 Å². The van der Waals surface area contributed by atoms with Crippen LogP contribution < -0.4 is 10.9 Å². The Morgan fingerprint density at radius 1 is 0.914 bits per heavy atom. The molecule has 174 valence electrons. The number of rotatable bonds is 5. The summed E-state index contributed by atoms with van der Waals surface area (Å²) in [6.07, 6.45) is 0. The number of fused-ring (bicyclic) bond motifs is 1. The van der Waals surface area contributed by atoms with Crippen LogP contribution in [0.2, 0.25) is 0 Å². The Kier molecular flexibility index (Phi) is 6.01. The van der Waals surface area contributed by atoms with Crippen LogP contribution in [-0.2, 0) is 6.54 Å². The second-order valence-corrected chi connectivity index (χ2v) is 9.44. The van der Waals surface area contributed by atoms with Gasteiger partial charge in [0.1, 0.15) is 0 Å². The number of nitrogens with zero attached hydrogens (tertiary/aromatic N) is 3. The van der Waals surface area contributed by atoms with Gasteiger partial charge in [0.25, 0.3) is 11.5 Å². The summed E-state index contributed by atoms with van der Waals surface area (Å²) in [5.74, 6) is -0.402. The van der Waals surface area contributed by atoms with Crippen molar-refractivity contribution in [2.45, 2.75) is 27.3 Å². The predicted octanol–water partition coefficient (Wildman–Crippen LogP) is 5.75. The highest BCUT2D eigenvalue weighted by Crippen LogP contribution is 2.30. The minimum atomic E-state index is -0.402. The molecule has 2 aromatic heterocycles. The predicted molar refractivity (Wildman–Crippen MR) is 141 cm³/mol. The van der Waals surface area contributed by atoms with E-state index in [0.29, 0.717) is 15.9 Å². The number of amides is 1. The van der Waals surface area contributed by atoms with Crippen LogP contribution >= 0.6 is 11.3 Å². The van der Waals surface area contributed by atoms with Gasteiger partial charge in [-0.3, -0.25) is 14.9 Å². The Bertz CT molecular complexity index is 1620. The monoisotopic (exact) mass is 480 g/mol. The van der Waals surface area contributed by atoms with Crippen molar-refractivity contribution in [3.63, 3.8) is 0 Å². The maximum atomic E-state index is 13.3. The Balaban J connectivity index is 1.49. The first kappa shape index (κ1) is 22.7. The third kappa shape index (κ3) is 4.50. The molecule has 6 nitrogen and oxygen atoms in total. The van der Waals surface area contributed by atoms with Gasteiger partial charge in [-0.25, -0.2) is 9.67 Å². The maximum absolute atomic E-state index is 13.3. The van der Waals surface area contributed by atoms with E-state index in [4.69, 9.17) is 0 Å². The van der Waals surface area contributed by atoms with Gasteiger partial charge in [0.05, 0.1) is 17.6 Å². The summed E-state index contributed by atoms with van der Waals surface area (Å²) < 4.78 is 1.35. The average Bonchev–Trinajstić information content (AvgIpc) is 3.32. The van der Waals surface area contributed by atoms with E-state index in [-0.39, 0.29) is 17.8 Å². The Morgan fingerprint density at radius 3 is 2.37 bits per heavy atom. The summed E-state index contributed by atoms with van der Waals surface area (Å²) in [7, 11) is 0. The zero-order valence-corrected chi connectivity index (χ0v) is 20.5. The minimum Gasteiger partial charge on any atom is -0.296 e. The van der Waals surface area contributed by atoms with Crippen molar-refractivity contribution in [2.24, 2.45) is 0 Å². The lowest BCUT2D eigenvalue weighted by Gasteiger charge is -2.11. The van der Waals surface area contributed by atoms with Crippen LogP contribution in [0.1, 0.15) is 32.7 Å². The van der Waals surface area contributed by atoms with Crippen molar-refractivity contribution in [3.05, 3.63) is 110 Å². The summed E-state index contributed by atoms with van der Waals surface area (Å²) in [5.41, 5.74) is 6.31. The van der Waals surface area contributed by atoms with E-state index >= 15 is 0 Å². The quantitative estimate of drug-likeness (QED) is 0.348. The summed E-state index contributed by atoms with van der Waals surface area (Å²) in [5, 5.41) is 10.7. The molecule has 0 saturated heterocycles. The third-order valence-electron chi connectivity index (χ3n) is 6.10. The molecule has 3 aromatic carbocycles. The van der Waals surface area contributed by atoms with Gasteiger partial charge >= 0.3 is 0 Å². The van der Waals surface area contributed by atoms with E-state index in [9.17, 15) is 9.59 Å². The number of hydrogen-bond donors (Lipinski definition) is 1. The summed E-state index contributed by atoms with van der Waals surface area (Å²) in [4.78, 5) is 31.1. The number of benzene rings is 3. The molecule has 0 spiro atoms. The zero-order valence-electron chi connectivity index (χ0n) is 19.7.